The van der Waals surface area contributed by atoms with Crippen LogP contribution in [0.5, 0.6) is 5.75 Å². The molecule has 0 saturated heterocycles. The lowest BCUT2D eigenvalue weighted by Gasteiger charge is -2.27. The number of amides is 1. The second-order valence-corrected chi connectivity index (χ2v) is 8.39. The number of methoxy groups -OCH3 is 1. The maximum atomic E-state index is 13.3. The van der Waals surface area contributed by atoms with Crippen LogP contribution in [0.1, 0.15) is 48.8 Å². The first-order valence-corrected chi connectivity index (χ1v) is 10.8. The Balaban J connectivity index is 1.45. The number of ether oxygens (including phenoxy) is 1. The molecule has 1 saturated carbocycles. The number of hydrogen-bond donors (Lipinski definition) is 0. The van der Waals surface area contributed by atoms with Crippen molar-refractivity contribution in [3.8, 4) is 5.75 Å². The highest BCUT2D eigenvalue weighted by Gasteiger charge is 2.31. The van der Waals surface area contributed by atoms with Crippen molar-refractivity contribution in [2.24, 2.45) is 11.1 Å². The Morgan fingerprint density at radius 3 is 2.67 bits per heavy atom. The van der Waals surface area contributed by atoms with Gasteiger partial charge in [-0.2, -0.15) is 0 Å². The lowest BCUT2D eigenvalue weighted by molar-refractivity contribution is -0.137. The molecule has 1 fully saturated rings. The molecule has 2 aromatic rings. The normalized spacial score (nSPS) is 18.7. The fourth-order valence-corrected chi connectivity index (χ4v) is 4.34. The number of aryl methyl sites for hydroxylation is 1. The van der Waals surface area contributed by atoms with Crippen molar-refractivity contribution in [3.63, 3.8) is 0 Å². The van der Waals surface area contributed by atoms with Gasteiger partial charge < -0.3 is 14.5 Å². The summed E-state index contributed by atoms with van der Waals surface area (Å²) in [5.74, 6) is 1.18. The summed E-state index contributed by atoms with van der Waals surface area (Å²) in [4.78, 5) is 21.0. The molecule has 2 aliphatic rings. The van der Waals surface area contributed by atoms with Crippen LogP contribution in [0.25, 0.3) is 0 Å². The highest BCUT2D eigenvalue weighted by Crippen LogP contribution is 2.28. The number of oxime groups is 1. The summed E-state index contributed by atoms with van der Waals surface area (Å²) in [6.45, 7) is 3.18. The highest BCUT2D eigenvalue weighted by atomic mass is 16.6. The second-order valence-electron chi connectivity index (χ2n) is 8.39. The molecule has 158 valence electrons. The minimum atomic E-state index is -0.114. The molecule has 1 amide bonds. The summed E-state index contributed by atoms with van der Waals surface area (Å²) >= 11 is 0. The molecule has 5 heteroatoms. The third kappa shape index (κ3) is 4.84. The van der Waals surface area contributed by atoms with Crippen molar-refractivity contribution < 1.29 is 14.4 Å². The summed E-state index contributed by atoms with van der Waals surface area (Å²) in [5, 5.41) is 4.32. The van der Waals surface area contributed by atoms with E-state index in [1.807, 2.05) is 29.2 Å². The number of nitrogens with zero attached hydrogens (tertiary/aromatic N) is 2. The van der Waals surface area contributed by atoms with Gasteiger partial charge in [0.1, 0.15) is 5.75 Å². The SMILES string of the molecule is COc1cccc(CN(CC2CC(c3ccc(C)cc3)=NO2)C(=O)C2CCCC2)c1. The summed E-state index contributed by atoms with van der Waals surface area (Å²) in [5.41, 5.74) is 4.33. The van der Waals surface area contributed by atoms with E-state index in [4.69, 9.17) is 9.57 Å². The Bertz CT molecular complexity index is 901. The van der Waals surface area contributed by atoms with Crippen LogP contribution in [0.15, 0.2) is 53.7 Å². The first-order valence-electron chi connectivity index (χ1n) is 10.8. The minimum absolute atomic E-state index is 0.114. The van der Waals surface area contributed by atoms with Crippen LogP contribution >= 0.6 is 0 Å². The van der Waals surface area contributed by atoms with Gasteiger partial charge in [0, 0.05) is 18.9 Å². The quantitative estimate of drug-likeness (QED) is 0.669. The number of carbonyl (C=O) groups is 1. The summed E-state index contributed by atoms with van der Waals surface area (Å²) in [7, 11) is 1.66. The second kappa shape index (κ2) is 9.33. The number of hydrogen-bond acceptors (Lipinski definition) is 4. The number of rotatable bonds is 7. The number of benzene rings is 2. The molecule has 1 atom stereocenters. The van der Waals surface area contributed by atoms with Crippen molar-refractivity contribution in [2.45, 2.75) is 51.7 Å². The van der Waals surface area contributed by atoms with Crippen molar-refractivity contribution in [1.29, 1.82) is 0 Å². The van der Waals surface area contributed by atoms with Gasteiger partial charge in [0.05, 0.1) is 19.4 Å². The predicted octanol–water partition coefficient (Wildman–Crippen LogP) is 4.72. The van der Waals surface area contributed by atoms with Gasteiger partial charge in [-0.25, -0.2) is 0 Å². The van der Waals surface area contributed by atoms with Gasteiger partial charge in [0.15, 0.2) is 6.10 Å². The summed E-state index contributed by atoms with van der Waals surface area (Å²) in [6, 6.07) is 16.3. The van der Waals surface area contributed by atoms with Crippen molar-refractivity contribution in [1.82, 2.24) is 4.90 Å². The van der Waals surface area contributed by atoms with Crippen LogP contribution in [0.3, 0.4) is 0 Å². The first-order chi connectivity index (χ1) is 14.6. The molecule has 1 unspecified atom stereocenters. The molecule has 4 rings (SSSR count). The summed E-state index contributed by atoms with van der Waals surface area (Å²) in [6.07, 6.45) is 4.87. The van der Waals surface area contributed by atoms with Crippen LogP contribution in [0.2, 0.25) is 0 Å². The third-order valence-electron chi connectivity index (χ3n) is 6.07. The van der Waals surface area contributed by atoms with E-state index in [0.717, 1.165) is 54.7 Å². The molecule has 1 aliphatic heterocycles. The molecule has 0 N–H and O–H groups in total. The molecule has 0 bridgehead atoms. The monoisotopic (exact) mass is 406 g/mol. The maximum absolute atomic E-state index is 13.3. The third-order valence-corrected chi connectivity index (χ3v) is 6.07. The van der Waals surface area contributed by atoms with Crippen LogP contribution in [0.4, 0.5) is 0 Å². The predicted molar refractivity (Wildman–Crippen MR) is 118 cm³/mol. The lowest BCUT2D eigenvalue weighted by Crippen LogP contribution is -2.40. The van der Waals surface area contributed by atoms with Crippen LogP contribution in [0, 0.1) is 12.8 Å². The van der Waals surface area contributed by atoms with E-state index in [2.05, 4.69) is 36.3 Å². The molecule has 5 nitrogen and oxygen atoms in total. The van der Waals surface area contributed by atoms with Gasteiger partial charge in [-0.1, -0.05) is 60.0 Å². The van der Waals surface area contributed by atoms with Crippen LogP contribution in [-0.4, -0.2) is 36.3 Å². The molecule has 0 aromatic heterocycles. The van der Waals surface area contributed by atoms with Gasteiger partial charge >= 0.3 is 0 Å². The van der Waals surface area contributed by atoms with Crippen LogP contribution < -0.4 is 4.74 Å². The summed E-state index contributed by atoms with van der Waals surface area (Å²) < 4.78 is 5.36. The molecular weight excluding hydrogens is 376 g/mol. The topological polar surface area (TPSA) is 51.1 Å². The van der Waals surface area contributed by atoms with Crippen molar-refractivity contribution in [2.75, 3.05) is 13.7 Å². The molecule has 1 heterocycles. The van der Waals surface area contributed by atoms with Crippen molar-refractivity contribution >= 4 is 11.6 Å². The zero-order valence-corrected chi connectivity index (χ0v) is 17.8. The first kappa shape index (κ1) is 20.5. The Hall–Kier alpha value is -2.82. The maximum Gasteiger partial charge on any atom is 0.226 e. The van der Waals surface area contributed by atoms with Gasteiger partial charge in [0.2, 0.25) is 5.91 Å². The van der Waals surface area contributed by atoms with E-state index in [9.17, 15) is 4.79 Å². The lowest BCUT2D eigenvalue weighted by atomic mass is 10.0. The Morgan fingerprint density at radius 2 is 1.93 bits per heavy atom. The van der Waals surface area contributed by atoms with Crippen LogP contribution in [-0.2, 0) is 16.2 Å². The zero-order valence-electron chi connectivity index (χ0n) is 17.8. The molecule has 30 heavy (non-hydrogen) atoms. The van der Waals surface area contributed by atoms with E-state index >= 15 is 0 Å². The average molecular weight is 407 g/mol. The smallest absolute Gasteiger partial charge is 0.226 e. The molecule has 0 spiro atoms. The zero-order chi connectivity index (χ0) is 20.9. The molecular formula is C25H30N2O3. The van der Waals surface area contributed by atoms with E-state index in [0.29, 0.717) is 13.1 Å². The van der Waals surface area contributed by atoms with E-state index < -0.39 is 0 Å². The highest BCUT2D eigenvalue weighted by molar-refractivity contribution is 6.01. The molecule has 1 aliphatic carbocycles. The van der Waals surface area contributed by atoms with E-state index in [1.165, 1.54) is 5.56 Å². The van der Waals surface area contributed by atoms with Gasteiger partial charge in [0.25, 0.3) is 0 Å². The molecule has 2 aromatic carbocycles. The van der Waals surface area contributed by atoms with E-state index in [1.54, 1.807) is 7.11 Å². The van der Waals surface area contributed by atoms with E-state index in [-0.39, 0.29) is 17.9 Å². The average Bonchev–Trinajstić information content (AvgIpc) is 3.46. The van der Waals surface area contributed by atoms with Crippen molar-refractivity contribution in [3.05, 3.63) is 65.2 Å². The minimum Gasteiger partial charge on any atom is -0.497 e. The molecule has 0 radical (unpaired) electrons. The fraction of sp³-hybridized carbons (Fsp3) is 0.440. The Morgan fingerprint density at radius 1 is 1.17 bits per heavy atom. The Kier molecular flexibility index (Phi) is 6.36. The largest absolute Gasteiger partial charge is 0.497 e. The fourth-order valence-electron chi connectivity index (χ4n) is 4.34. The van der Waals surface area contributed by atoms with Gasteiger partial charge in [-0.05, 0) is 43.0 Å². The van der Waals surface area contributed by atoms with Gasteiger partial charge in [-0.15, -0.1) is 0 Å². The number of carbonyl (C=O) groups excluding carboxylic acids is 1. The van der Waals surface area contributed by atoms with Gasteiger partial charge in [-0.3, -0.25) is 4.79 Å². The standard InChI is InChI=1S/C25H30N2O3/c1-18-10-12-20(13-11-18)24-15-23(30-26-24)17-27(25(28)21-7-3-4-8-21)16-19-6-5-9-22(14-19)29-2/h5-6,9-14,21,23H,3-4,7-8,15-17H2,1-2H3. The Labute approximate surface area is 178 Å².